The molecule has 1 aromatic carbocycles. The molecule has 120 valence electrons. The van der Waals surface area contributed by atoms with Crippen LogP contribution in [0.25, 0.3) is 0 Å². The van der Waals surface area contributed by atoms with Gasteiger partial charge in [0.2, 0.25) is 5.82 Å². The van der Waals surface area contributed by atoms with Gasteiger partial charge < -0.3 is 20.3 Å². The van der Waals surface area contributed by atoms with Crippen molar-refractivity contribution in [1.82, 2.24) is 9.55 Å². The van der Waals surface area contributed by atoms with Crippen LogP contribution in [0.3, 0.4) is 0 Å². The van der Waals surface area contributed by atoms with Crippen LogP contribution in [0.5, 0.6) is 0 Å². The Hall–Kier alpha value is -1.77. The van der Waals surface area contributed by atoms with Gasteiger partial charge in [0.1, 0.15) is 12.3 Å². The summed E-state index contributed by atoms with van der Waals surface area (Å²) >= 11 is 3.27. The Morgan fingerprint density at radius 1 is 1.23 bits per heavy atom. The molecular weight excluding hydrogens is 354 g/mol. The molecule has 1 heterocycles. The fraction of sp³-hybridized carbons (Fsp3) is 0.357. The average Bonchev–Trinajstić information content (AvgIpc) is 2.90. The molecule has 2 rings (SSSR count). The third-order valence-electron chi connectivity index (χ3n) is 2.96. The summed E-state index contributed by atoms with van der Waals surface area (Å²) in [6.45, 7) is 4.00. The number of aliphatic hydroxyl groups is 2. The number of halogens is 1. The van der Waals surface area contributed by atoms with Crippen molar-refractivity contribution in [3.63, 3.8) is 0 Å². The topological polar surface area (TPSA) is 101 Å². The van der Waals surface area contributed by atoms with Crippen molar-refractivity contribution in [3.05, 3.63) is 56.4 Å². The van der Waals surface area contributed by atoms with Gasteiger partial charge in [0.15, 0.2) is 6.10 Å². The third-order valence-corrected chi connectivity index (χ3v) is 3.49. The van der Waals surface area contributed by atoms with Gasteiger partial charge in [-0.25, -0.2) is 9.55 Å². The second kappa shape index (κ2) is 8.02. The number of nitrogens with zero attached hydrogens (tertiary/aromatic N) is 3. The van der Waals surface area contributed by atoms with Crippen molar-refractivity contribution in [2.75, 3.05) is 0 Å². The van der Waals surface area contributed by atoms with Crippen LogP contribution in [0.15, 0.2) is 34.9 Å². The van der Waals surface area contributed by atoms with Crippen molar-refractivity contribution < 1.29 is 15.1 Å². The van der Waals surface area contributed by atoms with Gasteiger partial charge in [-0.1, -0.05) is 41.9 Å². The summed E-state index contributed by atoms with van der Waals surface area (Å²) in [6, 6.07) is 6.75. The van der Waals surface area contributed by atoms with E-state index in [-0.39, 0.29) is 11.6 Å². The predicted octanol–water partition coefficient (Wildman–Crippen LogP) is 2.88. The maximum atomic E-state index is 10.7. The quantitative estimate of drug-likeness (QED) is 0.635. The fourth-order valence-corrected chi connectivity index (χ4v) is 2.11. The molecule has 8 heteroatoms. The van der Waals surface area contributed by atoms with Gasteiger partial charge in [-0.2, -0.15) is 0 Å². The number of benzene rings is 1. The van der Waals surface area contributed by atoms with Crippen LogP contribution >= 0.6 is 15.9 Å². The van der Waals surface area contributed by atoms with E-state index in [1.165, 1.54) is 7.05 Å². The Balaban J connectivity index is 0.00000116. The minimum atomic E-state index is -1.35. The molecule has 22 heavy (non-hydrogen) atoms. The highest BCUT2D eigenvalue weighted by molar-refractivity contribution is 9.10. The first-order valence-corrected chi connectivity index (χ1v) is 7.48. The van der Waals surface area contributed by atoms with Gasteiger partial charge in [-0.15, -0.1) is 0 Å². The molecule has 0 fully saturated rings. The Morgan fingerprint density at radius 3 is 2.23 bits per heavy atom. The monoisotopic (exact) mass is 371 g/mol. The molecule has 2 aromatic rings. The molecule has 2 N–H and O–H groups in total. The first kappa shape index (κ1) is 18.3. The lowest BCUT2D eigenvalue weighted by atomic mass is 10.0. The molecule has 1 aromatic heterocycles. The Kier molecular flexibility index (Phi) is 6.66. The van der Waals surface area contributed by atoms with E-state index in [9.17, 15) is 20.3 Å². The molecule has 0 aliphatic carbocycles. The molecule has 2 unspecified atom stereocenters. The minimum absolute atomic E-state index is 0.0344. The van der Waals surface area contributed by atoms with E-state index in [1.54, 1.807) is 24.3 Å². The number of nitro groups is 1. The largest absolute Gasteiger partial charge is 0.385 e. The highest BCUT2D eigenvalue weighted by Crippen LogP contribution is 2.30. The highest BCUT2D eigenvalue weighted by atomic mass is 79.9. The lowest BCUT2D eigenvalue weighted by molar-refractivity contribution is -0.392. The van der Waals surface area contributed by atoms with E-state index in [2.05, 4.69) is 20.9 Å². The predicted molar refractivity (Wildman–Crippen MR) is 85.3 cm³/mol. The summed E-state index contributed by atoms with van der Waals surface area (Å²) in [6.07, 6.45) is -1.52. The van der Waals surface area contributed by atoms with E-state index >= 15 is 0 Å². The molecule has 0 aliphatic heterocycles. The zero-order chi connectivity index (χ0) is 16.9. The first-order chi connectivity index (χ1) is 10.4. The molecular formula is C14H18BrN3O4. The zero-order valence-corrected chi connectivity index (χ0v) is 14.1. The second-order valence-electron chi connectivity index (χ2n) is 4.23. The van der Waals surface area contributed by atoms with Crippen LogP contribution in [-0.2, 0) is 7.05 Å². The Labute approximate surface area is 136 Å². The maximum Gasteiger partial charge on any atom is 0.342 e. The van der Waals surface area contributed by atoms with Gasteiger partial charge >= 0.3 is 5.82 Å². The van der Waals surface area contributed by atoms with E-state index in [4.69, 9.17) is 0 Å². The molecule has 0 spiro atoms. The van der Waals surface area contributed by atoms with Crippen LogP contribution in [0, 0.1) is 10.1 Å². The van der Waals surface area contributed by atoms with Gasteiger partial charge in [0.25, 0.3) is 0 Å². The Bertz CT molecular complexity index is 628. The van der Waals surface area contributed by atoms with E-state index in [1.807, 2.05) is 13.8 Å². The summed E-state index contributed by atoms with van der Waals surface area (Å²) in [7, 11) is 1.41. The molecule has 0 saturated carbocycles. The molecule has 0 saturated heterocycles. The van der Waals surface area contributed by atoms with Gasteiger partial charge in [0, 0.05) is 4.47 Å². The van der Waals surface area contributed by atoms with E-state index in [0.717, 1.165) is 15.2 Å². The number of imidazole rings is 1. The van der Waals surface area contributed by atoms with Crippen LogP contribution < -0.4 is 0 Å². The molecule has 7 nitrogen and oxygen atoms in total. The van der Waals surface area contributed by atoms with Crippen molar-refractivity contribution >= 4 is 21.7 Å². The number of aromatic nitrogens is 2. The van der Waals surface area contributed by atoms with Gasteiger partial charge in [-0.05, 0) is 22.6 Å². The lowest BCUT2D eigenvalue weighted by Crippen LogP contribution is -2.15. The number of aliphatic hydroxyl groups excluding tert-OH is 2. The molecule has 0 aliphatic rings. The molecule has 2 atom stereocenters. The highest BCUT2D eigenvalue weighted by Gasteiger charge is 2.29. The first-order valence-electron chi connectivity index (χ1n) is 6.69. The van der Waals surface area contributed by atoms with Crippen molar-refractivity contribution in [2.45, 2.75) is 26.1 Å². The number of rotatable bonds is 4. The van der Waals surface area contributed by atoms with Crippen molar-refractivity contribution in [3.8, 4) is 0 Å². The van der Waals surface area contributed by atoms with Gasteiger partial charge in [0.05, 0.1) is 7.05 Å². The summed E-state index contributed by atoms with van der Waals surface area (Å²) in [5, 5.41) is 31.0. The third kappa shape index (κ3) is 3.90. The average molecular weight is 372 g/mol. The maximum absolute atomic E-state index is 10.7. The molecule has 0 bridgehead atoms. The fourth-order valence-electron chi connectivity index (χ4n) is 1.84. The molecule has 0 amide bonds. The molecule has 0 radical (unpaired) electrons. The lowest BCUT2D eigenvalue weighted by Gasteiger charge is -2.16. The van der Waals surface area contributed by atoms with Crippen LogP contribution in [-0.4, -0.2) is 24.7 Å². The second-order valence-corrected chi connectivity index (χ2v) is 5.15. The van der Waals surface area contributed by atoms with E-state index < -0.39 is 17.1 Å². The summed E-state index contributed by atoms with van der Waals surface area (Å²) in [5.74, 6) is -0.214. The Morgan fingerprint density at radius 2 is 1.77 bits per heavy atom. The van der Waals surface area contributed by atoms with Crippen LogP contribution in [0.2, 0.25) is 0 Å². The number of hydrogen-bond donors (Lipinski definition) is 2. The summed E-state index contributed by atoms with van der Waals surface area (Å²) < 4.78 is 1.99. The number of hydrogen-bond acceptors (Lipinski definition) is 5. The zero-order valence-electron chi connectivity index (χ0n) is 12.5. The van der Waals surface area contributed by atoms with Gasteiger partial charge in [-0.3, -0.25) is 0 Å². The summed E-state index contributed by atoms with van der Waals surface area (Å²) in [5.41, 5.74) is 0.492. The normalized spacial score (nSPS) is 13.0. The standard InChI is InChI=1S/C12H12BrN3O4.C2H6/c1-15-9(16(19)20)6-14-12(15)11(18)10(17)7-2-4-8(13)5-3-7;1-2/h2-6,10-11,17-18H,1H3;1-2H3. The van der Waals surface area contributed by atoms with Crippen LogP contribution in [0.1, 0.15) is 37.4 Å². The van der Waals surface area contributed by atoms with E-state index in [0.29, 0.717) is 5.56 Å². The minimum Gasteiger partial charge on any atom is -0.385 e. The SMILES string of the molecule is CC.Cn1c([N+](=O)[O-])cnc1C(O)C(O)c1ccc(Br)cc1. The van der Waals surface area contributed by atoms with Crippen LogP contribution in [0.4, 0.5) is 5.82 Å². The summed E-state index contributed by atoms with van der Waals surface area (Å²) in [4.78, 5) is 13.9. The van der Waals surface area contributed by atoms with Crippen molar-refractivity contribution in [1.29, 1.82) is 0 Å². The van der Waals surface area contributed by atoms with Crippen molar-refractivity contribution in [2.24, 2.45) is 7.05 Å². The smallest absolute Gasteiger partial charge is 0.342 e.